The summed E-state index contributed by atoms with van der Waals surface area (Å²) in [5, 5.41) is 2.39. The fourth-order valence-corrected chi connectivity index (χ4v) is 6.12. The van der Waals surface area contributed by atoms with E-state index in [-0.39, 0.29) is 30.8 Å². The third kappa shape index (κ3) is 6.33. The first kappa shape index (κ1) is 31.3. The number of pyridine rings is 1. The van der Waals surface area contributed by atoms with Gasteiger partial charge in [0.25, 0.3) is 5.91 Å². The fourth-order valence-electron chi connectivity index (χ4n) is 6.12. The average molecular weight is 660 g/mol. The molecule has 0 spiro atoms. The van der Waals surface area contributed by atoms with E-state index < -0.39 is 34.5 Å². The molecule has 7 rings (SSSR count). The van der Waals surface area contributed by atoms with Gasteiger partial charge in [0.2, 0.25) is 18.6 Å². The van der Waals surface area contributed by atoms with Crippen LogP contribution in [0.1, 0.15) is 27.0 Å². The number of hydrogen-bond donors (Lipinski definition) is 1. The van der Waals surface area contributed by atoms with Gasteiger partial charge >= 0.3 is 0 Å². The van der Waals surface area contributed by atoms with Gasteiger partial charge in [0, 0.05) is 62.1 Å². The Kier molecular flexibility index (Phi) is 8.52. The van der Waals surface area contributed by atoms with Gasteiger partial charge in [-0.15, -0.1) is 0 Å². The molecule has 0 atom stereocenters. The van der Waals surface area contributed by atoms with Crippen molar-refractivity contribution < 1.29 is 37.0 Å². The Hall–Kier alpha value is -5.30. The molecule has 2 amide bonds. The minimum Gasteiger partial charge on any atom is -0.454 e. The van der Waals surface area contributed by atoms with E-state index in [0.29, 0.717) is 37.9 Å². The van der Waals surface area contributed by atoms with Crippen molar-refractivity contribution in [3.05, 3.63) is 100 Å². The molecule has 0 unspecified atom stereocenters. The molecule has 13 heteroatoms. The number of ether oxygens (including phenoxy) is 3. The Labute approximate surface area is 274 Å². The molecule has 3 aromatic carbocycles. The SMILES string of the molecule is Cc1c(F)cc(C(=O)Nc2ccc(Oc3cccc4c3CCN4CC(=O)N3CCN(Cc4ccc5c(c4)OCO5)CC3)nc2)c(F)c1F. The van der Waals surface area contributed by atoms with Gasteiger partial charge in [-0.3, -0.25) is 14.5 Å². The Morgan fingerprint density at radius 2 is 1.75 bits per heavy atom. The van der Waals surface area contributed by atoms with Crippen molar-refractivity contribution in [3.8, 4) is 23.1 Å². The summed E-state index contributed by atoms with van der Waals surface area (Å²) in [5.74, 6) is -2.42. The summed E-state index contributed by atoms with van der Waals surface area (Å²) < 4.78 is 59.0. The first-order valence-corrected chi connectivity index (χ1v) is 15.6. The molecule has 10 nitrogen and oxygen atoms in total. The van der Waals surface area contributed by atoms with E-state index in [1.165, 1.54) is 18.3 Å². The molecule has 0 radical (unpaired) electrons. The summed E-state index contributed by atoms with van der Waals surface area (Å²) >= 11 is 0. The van der Waals surface area contributed by atoms with Gasteiger partial charge in [-0.05, 0) is 55.3 Å². The predicted molar refractivity (Wildman–Crippen MR) is 170 cm³/mol. The van der Waals surface area contributed by atoms with Crippen LogP contribution in [0.5, 0.6) is 23.1 Å². The van der Waals surface area contributed by atoms with Crippen LogP contribution in [0.15, 0.2) is 60.8 Å². The summed E-state index contributed by atoms with van der Waals surface area (Å²) in [7, 11) is 0. The van der Waals surface area contributed by atoms with Gasteiger partial charge in [-0.2, -0.15) is 0 Å². The Balaban J connectivity index is 0.930. The molecule has 248 valence electrons. The Morgan fingerprint density at radius 1 is 0.938 bits per heavy atom. The van der Waals surface area contributed by atoms with Crippen molar-refractivity contribution >= 4 is 23.2 Å². The maximum absolute atomic E-state index is 14.2. The van der Waals surface area contributed by atoms with Crippen LogP contribution in [-0.2, 0) is 17.8 Å². The lowest BCUT2D eigenvalue weighted by Gasteiger charge is -2.35. The number of carbonyl (C=O) groups excluding carboxylic acids is 2. The number of anilines is 2. The quantitative estimate of drug-likeness (QED) is 0.255. The molecular formula is C35H32F3N5O5. The van der Waals surface area contributed by atoms with Gasteiger partial charge in [0.15, 0.2) is 23.1 Å². The molecular weight excluding hydrogens is 627 g/mol. The van der Waals surface area contributed by atoms with E-state index in [0.717, 1.165) is 54.9 Å². The smallest absolute Gasteiger partial charge is 0.258 e. The lowest BCUT2D eigenvalue weighted by molar-refractivity contribution is -0.131. The van der Waals surface area contributed by atoms with Crippen LogP contribution in [0.2, 0.25) is 0 Å². The van der Waals surface area contributed by atoms with Crippen molar-refractivity contribution in [2.75, 3.05) is 56.3 Å². The number of fused-ring (bicyclic) bond motifs is 2. The fraction of sp³-hybridized carbons (Fsp3) is 0.286. The van der Waals surface area contributed by atoms with Crippen molar-refractivity contribution in [2.45, 2.75) is 19.9 Å². The molecule has 3 aliphatic heterocycles. The minimum atomic E-state index is -1.43. The van der Waals surface area contributed by atoms with Crippen LogP contribution < -0.4 is 24.4 Å². The first-order valence-electron chi connectivity index (χ1n) is 15.6. The second kappa shape index (κ2) is 13.1. The zero-order valence-electron chi connectivity index (χ0n) is 26.1. The van der Waals surface area contributed by atoms with Crippen molar-refractivity contribution in [1.29, 1.82) is 0 Å². The molecule has 4 aromatic rings. The predicted octanol–water partition coefficient (Wildman–Crippen LogP) is 5.29. The normalized spacial score (nSPS) is 15.4. The summed E-state index contributed by atoms with van der Waals surface area (Å²) in [6.07, 6.45) is 1.99. The van der Waals surface area contributed by atoms with Gasteiger partial charge in [-0.25, -0.2) is 18.2 Å². The number of aromatic nitrogens is 1. The van der Waals surface area contributed by atoms with Crippen LogP contribution in [0, 0.1) is 24.4 Å². The Morgan fingerprint density at radius 3 is 2.54 bits per heavy atom. The monoisotopic (exact) mass is 659 g/mol. The van der Waals surface area contributed by atoms with Gasteiger partial charge < -0.3 is 29.3 Å². The second-order valence-electron chi connectivity index (χ2n) is 11.9. The van der Waals surface area contributed by atoms with Crippen LogP contribution in [0.25, 0.3) is 0 Å². The largest absolute Gasteiger partial charge is 0.454 e. The molecule has 48 heavy (non-hydrogen) atoms. The van der Waals surface area contributed by atoms with Gasteiger partial charge in [-0.1, -0.05) is 12.1 Å². The molecule has 1 N–H and O–H groups in total. The van der Waals surface area contributed by atoms with Crippen LogP contribution in [0.3, 0.4) is 0 Å². The maximum atomic E-state index is 14.2. The van der Waals surface area contributed by atoms with Crippen LogP contribution >= 0.6 is 0 Å². The highest BCUT2D eigenvalue weighted by Crippen LogP contribution is 2.37. The van der Waals surface area contributed by atoms with E-state index in [2.05, 4.69) is 20.1 Å². The third-order valence-electron chi connectivity index (χ3n) is 8.82. The summed E-state index contributed by atoms with van der Waals surface area (Å²) in [5.41, 5.74) is 1.96. The zero-order valence-corrected chi connectivity index (χ0v) is 26.1. The second-order valence-corrected chi connectivity index (χ2v) is 11.9. The lowest BCUT2D eigenvalue weighted by Crippen LogP contribution is -2.50. The highest BCUT2D eigenvalue weighted by Gasteiger charge is 2.28. The van der Waals surface area contributed by atoms with Crippen LogP contribution in [0.4, 0.5) is 24.5 Å². The van der Waals surface area contributed by atoms with E-state index in [4.69, 9.17) is 14.2 Å². The molecule has 0 aliphatic carbocycles. The number of amides is 2. The topological polar surface area (TPSA) is 96.5 Å². The maximum Gasteiger partial charge on any atom is 0.258 e. The summed E-state index contributed by atoms with van der Waals surface area (Å²) in [6.45, 7) is 5.93. The summed E-state index contributed by atoms with van der Waals surface area (Å²) in [4.78, 5) is 36.3. The number of rotatable bonds is 8. The Bertz CT molecular complexity index is 1880. The summed E-state index contributed by atoms with van der Waals surface area (Å²) in [6, 6.07) is 15.3. The number of halogens is 3. The average Bonchev–Trinajstić information content (AvgIpc) is 3.74. The molecule has 0 bridgehead atoms. The van der Waals surface area contributed by atoms with Gasteiger partial charge in [0.05, 0.1) is 24.0 Å². The third-order valence-corrected chi connectivity index (χ3v) is 8.82. The highest BCUT2D eigenvalue weighted by molar-refractivity contribution is 6.04. The number of hydrogen-bond acceptors (Lipinski definition) is 8. The lowest BCUT2D eigenvalue weighted by atomic mass is 10.1. The van der Waals surface area contributed by atoms with Crippen molar-refractivity contribution in [3.63, 3.8) is 0 Å². The molecule has 1 saturated heterocycles. The number of benzene rings is 3. The van der Waals surface area contributed by atoms with E-state index in [1.54, 1.807) is 0 Å². The molecule has 0 saturated carbocycles. The van der Waals surface area contributed by atoms with Crippen LogP contribution in [-0.4, -0.2) is 72.7 Å². The number of carbonyl (C=O) groups is 2. The molecule has 1 fully saturated rings. The number of nitrogens with zero attached hydrogens (tertiary/aromatic N) is 4. The first-order chi connectivity index (χ1) is 23.2. The molecule has 4 heterocycles. The van der Waals surface area contributed by atoms with Crippen molar-refractivity contribution in [1.82, 2.24) is 14.8 Å². The van der Waals surface area contributed by atoms with Crippen molar-refractivity contribution in [2.24, 2.45) is 0 Å². The molecule has 3 aliphatic rings. The standard InChI is InChI=1S/C35H32F3N5O5/c1-21-26(36)16-25(34(38)33(21)37)35(45)40-23-6-8-31(39-17-23)48-28-4-2-3-27-24(28)9-10-43(27)19-32(44)42-13-11-41(12-14-42)18-22-5-7-29-30(15-22)47-20-46-29/h2-8,15-17H,9-14,18-20H2,1H3,(H,40,45). The zero-order chi connectivity index (χ0) is 33.4. The number of nitrogens with one attached hydrogen (secondary N) is 1. The van der Waals surface area contributed by atoms with E-state index in [9.17, 15) is 22.8 Å². The van der Waals surface area contributed by atoms with E-state index in [1.807, 2.05) is 41.3 Å². The number of piperazine rings is 1. The molecule has 1 aromatic heterocycles. The van der Waals surface area contributed by atoms with Gasteiger partial charge in [0.1, 0.15) is 11.6 Å². The minimum absolute atomic E-state index is 0.0761. The van der Waals surface area contributed by atoms with E-state index >= 15 is 0 Å². The highest BCUT2D eigenvalue weighted by atomic mass is 19.2.